The topological polar surface area (TPSA) is 35.5 Å². The summed E-state index contributed by atoms with van der Waals surface area (Å²) in [4.78, 5) is 11.2. The van der Waals surface area contributed by atoms with Gasteiger partial charge in [-0.2, -0.15) is 0 Å². The summed E-state index contributed by atoms with van der Waals surface area (Å²) in [6.45, 7) is 2.91. The van der Waals surface area contributed by atoms with Gasteiger partial charge in [-0.15, -0.1) is 0 Å². The lowest BCUT2D eigenvalue weighted by atomic mass is 9.92. The molecule has 3 heteroatoms. The number of benzene rings is 1. The second kappa shape index (κ2) is 9.21. The molecule has 0 saturated heterocycles. The molecule has 1 saturated carbocycles. The molecule has 0 spiro atoms. The Labute approximate surface area is 132 Å². The van der Waals surface area contributed by atoms with Gasteiger partial charge < -0.3 is 9.47 Å². The smallest absolute Gasteiger partial charge is 0.330 e. The number of ether oxygens (including phenoxy) is 2. The zero-order chi connectivity index (χ0) is 15.6. The summed E-state index contributed by atoms with van der Waals surface area (Å²) >= 11 is 0. The van der Waals surface area contributed by atoms with Crippen LogP contribution in [0.2, 0.25) is 0 Å². The lowest BCUT2D eigenvalue weighted by Crippen LogP contribution is -2.17. The highest BCUT2D eigenvalue weighted by atomic mass is 16.5. The first-order chi connectivity index (χ1) is 10.8. The third-order valence-corrected chi connectivity index (χ3v) is 3.75. The van der Waals surface area contributed by atoms with E-state index < -0.39 is 0 Å². The van der Waals surface area contributed by atoms with E-state index in [9.17, 15) is 4.79 Å². The number of allylic oxidation sites excluding steroid dienone is 3. The van der Waals surface area contributed by atoms with Crippen LogP contribution in [0.1, 0.15) is 38.2 Å². The van der Waals surface area contributed by atoms with Crippen molar-refractivity contribution < 1.29 is 14.3 Å². The summed E-state index contributed by atoms with van der Waals surface area (Å²) < 4.78 is 10.8. The van der Waals surface area contributed by atoms with Crippen LogP contribution >= 0.6 is 0 Å². The van der Waals surface area contributed by atoms with Crippen LogP contribution in [-0.2, 0) is 20.9 Å². The lowest BCUT2D eigenvalue weighted by Gasteiger charge is -2.24. The van der Waals surface area contributed by atoms with Gasteiger partial charge >= 0.3 is 5.97 Å². The van der Waals surface area contributed by atoms with Gasteiger partial charge in [-0.25, -0.2) is 4.79 Å². The van der Waals surface area contributed by atoms with E-state index >= 15 is 0 Å². The summed E-state index contributed by atoms with van der Waals surface area (Å²) in [6.07, 6.45) is 9.81. The predicted molar refractivity (Wildman–Crippen MR) is 87.3 cm³/mol. The Balaban J connectivity index is 1.70. The molecule has 0 heterocycles. The maximum absolute atomic E-state index is 11.2. The highest BCUT2D eigenvalue weighted by Gasteiger charge is 2.16. The van der Waals surface area contributed by atoms with Gasteiger partial charge in [0.15, 0.2) is 0 Å². The number of hydrogen-bond acceptors (Lipinski definition) is 3. The van der Waals surface area contributed by atoms with Gasteiger partial charge in [-0.05, 0) is 38.2 Å². The maximum Gasteiger partial charge on any atom is 0.330 e. The van der Waals surface area contributed by atoms with E-state index in [2.05, 4.69) is 12.1 Å². The second-order valence-electron chi connectivity index (χ2n) is 5.43. The summed E-state index contributed by atoms with van der Waals surface area (Å²) in [5.74, 6) is -0.278. The summed E-state index contributed by atoms with van der Waals surface area (Å²) in [5.41, 5.74) is 2.60. The van der Waals surface area contributed by atoms with Gasteiger partial charge in [-0.1, -0.05) is 48.1 Å². The fourth-order valence-corrected chi connectivity index (χ4v) is 2.54. The molecular weight excluding hydrogens is 276 g/mol. The molecule has 3 nitrogen and oxygen atoms in total. The zero-order valence-electron chi connectivity index (χ0n) is 13.2. The zero-order valence-corrected chi connectivity index (χ0v) is 13.2. The first-order valence-corrected chi connectivity index (χ1v) is 7.96. The van der Waals surface area contributed by atoms with Crippen molar-refractivity contribution in [2.45, 2.75) is 45.3 Å². The number of carbonyl (C=O) groups excluding carboxylic acids is 1. The van der Waals surface area contributed by atoms with Crippen LogP contribution in [-0.4, -0.2) is 18.7 Å². The molecule has 1 aliphatic carbocycles. The molecular formula is C19H24O3. The fraction of sp³-hybridized carbons (Fsp3) is 0.421. The molecule has 1 fully saturated rings. The van der Waals surface area contributed by atoms with E-state index in [0.29, 0.717) is 19.3 Å². The van der Waals surface area contributed by atoms with Crippen LogP contribution in [0.4, 0.5) is 0 Å². The Bertz CT molecular complexity index is 507. The van der Waals surface area contributed by atoms with Gasteiger partial charge in [0.1, 0.15) is 0 Å². The van der Waals surface area contributed by atoms with E-state index in [1.165, 1.54) is 17.2 Å². The van der Waals surface area contributed by atoms with Gasteiger partial charge in [-0.3, -0.25) is 0 Å². The van der Waals surface area contributed by atoms with E-state index in [1.807, 2.05) is 24.3 Å². The third kappa shape index (κ3) is 5.86. The Kier molecular flexibility index (Phi) is 6.91. The number of rotatable bonds is 6. The Morgan fingerprint density at radius 3 is 2.64 bits per heavy atom. The molecule has 0 N–H and O–H groups in total. The van der Waals surface area contributed by atoms with Crippen molar-refractivity contribution in [3.63, 3.8) is 0 Å². The van der Waals surface area contributed by atoms with Gasteiger partial charge in [0.25, 0.3) is 0 Å². The van der Waals surface area contributed by atoms with Crippen LogP contribution in [0, 0.1) is 0 Å². The summed E-state index contributed by atoms with van der Waals surface area (Å²) in [7, 11) is 0. The monoisotopic (exact) mass is 300 g/mol. The van der Waals surface area contributed by atoms with Gasteiger partial charge in [0.05, 0.1) is 19.3 Å². The van der Waals surface area contributed by atoms with Crippen molar-refractivity contribution in [1.82, 2.24) is 0 Å². The quantitative estimate of drug-likeness (QED) is 0.583. The second-order valence-corrected chi connectivity index (χ2v) is 5.43. The third-order valence-electron chi connectivity index (χ3n) is 3.75. The van der Waals surface area contributed by atoms with Crippen molar-refractivity contribution in [2.75, 3.05) is 6.61 Å². The summed E-state index contributed by atoms with van der Waals surface area (Å²) in [5, 5.41) is 0. The van der Waals surface area contributed by atoms with Crippen molar-refractivity contribution in [2.24, 2.45) is 0 Å². The average molecular weight is 300 g/mol. The number of esters is 1. The molecule has 0 aromatic heterocycles. The molecule has 0 aliphatic heterocycles. The molecule has 22 heavy (non-hydrogen) atoms. The molecule has 0 amide bonds. The minimum absolute atomic E-state index is 0.278. The Morgan fingerprint density at radius 2 is 1.95 bits per heavy atom. The first kappa shape index (κ1) is 16.5. The molecule has 0 radical (unpaired) electrons. The standard InChI is InChI=1S/C19H24O3/c1-2-21-19(20)10-6-9-16-11-13-18(14-12-16)22-15-17-7-4-3-5-8-17/h3-10,18H,2,11-15H2,1H3. The van der Waals surface area contributed by atoms with Gasteiger partial charge in [0, 0.05) is 6.08 Å². The normalized spacial score (nSPS) is 18.4. The van der Waals surface area contributed by atoms with E-state index in [0.717, 1.165) is 25.7 Å². The van der Waals surface area contributed by atoms with E-state index in [4.69, 9.17) is 9.47 Å². The maximum atomic E-state index is 11.2. The number of hydrogen-bond donors (Lipinski definition) is 0. The SMILES string of the molecule is CCOC(=O)C=CC=C1CCC(OCc2ccccc2)CC1. The van der Waals surface area contributed by atoms with Crippen molar-refractivity contribution >= 4 is 5.97 Å². The Hall–Kier alpha value is -1.87. The van der Waals surface area contributed by atoms with Crippen LogP contribution in [0.3, 0.4) is 0 Å². The van der Waals surface area contributed by atoms with Crippen molar-refractivity contribution in [3.05, 3.63) is 59.7 Å². The summed E-state index contributed by atoms with van der Waals surface area (Å²) in [6, 6.07) is 10.3. The largest absolute Gasteiger partial charge is 0.463 e. The predicted octanol–water partition coefficient (Wildman–Crippen LogP) is 4.19. The Morgan fingerprint density at radius 1 is 1.23 bits per heavy atom. The highest BCUT2D eigenvalue weighted by Crippen LogP contribution is 2.26. The molecule has 0 unspecified atom stereocenters. The highest BCUT2D eigenvalue weighted by molar-refractivity contribution is 5.82. The molecule has 0 bridgehead atoms. The number of carbonyl (C=O) groups is 1. The minimum Gasteiger partial charge on any atom is -0.463 e. The van der Waals surface area contributed by atoms with E-state index in [-0.39, 0.29) is 5.97 Å². The van der Waals surface area contributed by atoms with Crippen molar-refractivity contribution in [3.8, 4) is 0 Å². The van der Waals surface area contributed by atoms with Gasteiger partial charge in [0.2, 0.25) is 0 Å². The van der Waals surface area contributed by atoms with Crippen LogP contribution in [0.5, 0.6) is 0 Å². The van der Waals surface area contributed by atoms with Crippen LogP contribution in [0.15, 0.2) is 54.1 Å². The van der Waals surface area contributed by atoms with Crippen molar-refractivity contribution in [1.29, 1.82) is 0 Å². The molecule has 1 aromatic rings. The minimum atomic E-state index is -0.278. The first-order valence-electron chi connectivity index (χ1n) is 7.96. The van der Waals surface area contributed by atoms with E-state index in [1.54, 1.807) is 13.0 Å². The molecule has 2 rings (SSSR count). The molecule has 118 valence electrons. The molecule has 1 aromatic carbocycles. The van der Waals surface area contributed by atoms with Crippen LogP contribution < -0.4 is 0 Å². The van der Waals surface area contributed by atoms with Crippen LogP contribution in [0.25, 0.3) is 0 Å². The molecule has 1 aliphatic rings. The lowest BCUT2D eigenvalue weighted by molar-refractivity contribution is -0.137. The molecule has 0 atom stereocenters. The fourth-order valence-electron chi connectivity index (χ4n) is 2.54. The average Bonchev–Trinajstić information content (AvgIpc) is 2.55.